The Balaban J connectivity index is 2.23. The van der Waals surface area contributed by atoms with Gasteiger partial charge in [0.15, 0.2) is 11.6 Å². The fraction of sp³-hybridized carbons (Fsp3) is 0.333. The molecule has 0 saturated heterocycles. The Bertz CT molecular complexity index is 995. The molecule has 166 valence electrons. The van der Waals surface area contributed by atoms with E-state index in [1.165, 1.54) is 25.1 Å². The lowest BCUT2D eigenvalue weighted by Gasteiger charge is -2.19. The average molecular weight is 559 g/mol. The van der Waals surface area contributed by atoms with Crippen LogP contribution in [0.25, 0.3) is 0 Å². The molecule has 12 heteroatoms. The van der Waals surface area contributed by atoms with E-state index in [9.17, 15) is 26.7 Å². The molecular formula is C18H21F3IN3O4S. The van der Waals surface area contributed by atoms with E-state index >= 15 is 0 Å². The van der Waals surface area contributed by atoms with E-state index < -0.39 is 52.1 Å². The monoisotopic (exact) mass is 559 g/mol. The molecule has 0 bridgehead atoms. The molecule has 0 fully saturated rings. The molecule has 2 atom stereocenters. The van der Waals surface area contributed by atoms with Crippen LogP contribution in [0.4, 0.5) is 30.2 Å². The molecule has 7 nitrogen and oxygen atoms in total. The van der Waals surface area contributed by atoms with Crippen molar-refractivity contribution in [2.24, 2.45) is 0 Å². The second-order valence-corrected chi connectivity index (χ2v) is 9.26. The van der Waals surface area contributed by atoms with Crippen LogP contribution < -0.4 is 14.8 Å². The van der Waals surface area contributed by atoms with Crippen molar-refractivity contribution in [2.45, 2.75) is 31.9 Å². The number of rotatable bonds is 10. The summed E-state index contributed by atoms with van der Waals surface area (Å²) in [6.07, 6.45) is -0.598. The van der Waals surface area contributed by atoms with Gasteiger partial charge in [0.1, 0.15) is 11.5 Å². The van der Waals surface area contributed by atoms with Crippen molar-refractivity contribution >= 4 is 49.9 Å². The van der Waals surface area contributed by atoms with Crippen molar-refractivity contribution in [3.63, 3.8) is 0 Å². The summed E-state index contributed by atoms with van der Waals surface area (Å²) >= 11 is 1.88. The fourth-order valence-corrected chi connectivity index (χ4v) is 4.13. The van der Waals surface area contributed by atoms with Crippen LogP contribution in [0, 0.1) is 21.0 Å². The van der Waals surface area contributed by atoms with Gasteiger partial charge in [-0.3, -0.25) is 4.72 Å². The molecule has 2 rings (SSSR count). The molecule has 0 saturated carbocycles. The molecule has 0 aliphatic carbocycles. The van der Waals surface area contributed by atoms with Gasteiger partial charge < -0.3 is 15.5 Å². The van der Waals surface area contributed by atoms with Crippen LogP contribution in [0.1, 0.15) is 19.8 Å². The van der Waals surface area contributed by atoms with Gasteiger partial charge in [-0.25, -0.2) is 13.2 Å². The predicted octanol–water partition coefficient (Wildman–Crippen LogP) is 3.22. The number of halogens is 4. The maximum absolute atomic E-state index is 14.4. The second kappa shape index (κ2) is 10.6. The Kier molecular flexibility index (Phi) is 8.73. The van der Waals surface area contributed by atoms with Crippen LogP contribution >= 0.6 is 22.6 Å². The number of aliphatic hydroxyl groups is 2. The zero-order chi connectivity index (χ0) is 22.5. The SMILES string of the molecule is CC(CCC(O)CO)NS(=O)(=O)Nc1ccc(F)c(F)c1Nc1ccc(I)cc1F. The lowest BCUT2D eigenvalue weighted by Crippen LogP contribution is -2.37. The number of hydrogen-bond acceptors (Lipinski definition) is 5. The first-order chi connectivity index (χ1) is 14.0. The molecule has 0 amide bonds. The minimum absolute atomic E-state index is 0.157. The van der Waals surface area contributed by atoms with Gasteiger partial charge in [0, 0.05) is 9.61 Å². The Labute approximate surface area is 186 Å². The highest BCUT2D eigenvalue weighted by molar-refractivity contribution is 14.1. The van der Waals surface area contributed by atoms with Gasteiger partial charge in [0.05, 0.1) is 24.1 Å². The van der Waals surface area contributed by atoms with E-state index in [4.69, 9.17) is 5.11 Å². The van der Waals surface area contributed by atoms with Gasteiger partial charge >= 0.3 is 0 Å². The highest BCUT2D eigenvalue weighted by Crippen LogP contribution is 2.32. The third kappa shape index (κ3) is 6.97. The molecule has 0 aliphatic rings. The van der Waals surface area contributed by atoms with Gasteiger partial charge in [0.25, 0.3) is 10.2 Å². The van der Waals surface area contributed by atoms with Crippen molar-refractivity contribution in [3.05, 3.63) is 51.4 Å². The zero-order valence-electron chi connectivity index (χ0n) is 15.8. The Morgan fingerprint density at radius 3 is 2.37 bits per heavy atom. The van der Waals surface area contributed by atoms with Crippen molar-refractivity contribution < 1.29 is 31.8 Å². The summed E-state index contributed by atoms with van der Waals surface area (Å²) in [5, 5.41) is 20.6. The highest BCUT2D eigenvalue weighted by atomic mass is 127. The van der Waals surface area contributed by atoms with Crippen molar-refractivity contribution in [1.82, 2.24) is 4.72 Å². The van der Waals surface area contributed by atoms with Gasteiger partial charge in [0.2, 0.25) is 0 Å². The molecule has 0 aromatic heterocycles. The average Bonchev–Trinajstić information content (AvgIpc) is 2.66. The molecule has 0 spiro atoms. The summed E-state index contributed by atoms with van der Waals surface area (Å²) in [4.78, 5) is 0. The number of hydrogen-bond donors (Lipinski definition) is 5. The predicted molar refractivity (Wildman–Crippen MR) is 116 cm³/mol. The first kappa shape index (κ1) is 24.7. The summed E-state index contributed by atoms with van der Waals surface area (Å²) in [6.45, 7) is 1.09. The van der Waals surface area contributed by atoms with Gasteiger partial charge in [-0.1, -0.05) is 0 Å². The lowest BCUT2D eigenvalue weighted by molar-refractivity contribution is 0.0850. The molecule has 2 aromatic rings. The molecule has 30 heavy (non-hydrogen) atoms. The van der Waals surface area contributed by atoms with Crippen LogP contribution in [-0.4, -0.2) is 37.4 Å². The zero-order valence-corrected chi connectivity index (χ0v) is 18.8. The molecule has 2 aromatic carbocycles. The van der Waals surface area contributed by atoms with Crippen LogP contribution in [-0.2, 0) is 10.2 Å². The van der Waals surface area contributed by atoms with E-state index in [-0.39, 0.29) is 24.2 Å². The smallest absolute Gasteiger partial charge is 0.299 e. The number of benzene rings is 2. The van der Waals surface area contributed by atoms with E-state index in [1.54, 1.807) is 0 Å². The minimum atomic E-state index is -4.22. The number of anilines is 3. The normalized spacial score (nSPS) is 13.7. The van der Waals surface area contributed by atoms with Crippen LogP contribution in [0.15, 0.2) is 30.3 Å². The van der Waals surface area contributed by atoms with Crippen LogP contribution in [0.3, 0.4) is 0 Å². The quantitative estimate of drug-likeness (QED) is 0.288. The summed E-state index contributed by atoms with van der Waals surface area (Å²) in [7, 11) is -4.22. The van der Waals surface area contributed by atoms with E-state index in [0.29, 0.717) is 3.57 Å². The Hall–Kier alpha value is -1.61. The minimum Gasteiger partial charge on any atom is -0.394 e. The first-order valence-electron chi connectivity index (χ1n) is 8.81. The van der Waals surface area contributed by atoms with Crippen molar-refractivity contribution in [3.8, 4) is 0 Å². The molecular weight excluding hydrogens is 538 g/mol. The standard InChI is InChI=1S/C18H21F3IN3O4S/c1-10(2-4-12(27)9-26)24-30(28,29)25-16-7-5-13(19)17(21)18(16)23-15-6-3-11(22)8-14(15)20/h3,5-8,10,12,23-27H,2,4,9H2,1H3. The van der Waals surface area contributed by atoms with Crippen molar-refractivity contribution in [2.75, 3.05) is 16.6 Å². The fourth-order valence-electron chi connectivity index (χ4n) is 2.52. The first-order valence-corrected chi connectivity index (χ1v) is 11.4. The van der Waals surface area contributed by atoms with E-state index in [2.05, 4.69) is 14.8 Å². The van der Waals surface area contributed by atoms with Gasteiger partial charge in [-0.05, 0) is 72.7 Å². The topological polar surface area (TPSA) is 111 Å². The number of nitrogens with one attached hydrogen (secondary N) is 3. The summed E-state index contributed by atoms with van der Waals surface area (Å²) in [6, 6.07) is 5.14. The molecule has 0 heterocycles. The summed E-state index contributed by atoms with van der Waals surface area (Å²) < 4.78 is 71.9. The summed E-state index contributed by atoms with van der Waals surface area (Å²) in [5.41, 5.74) is -1.08. The second-order valence-electron chi connectivity index (χ2n) is 6.57. The lowest BCUT2D eigenvalue weighted by atomic mass is 10.1. The largest absolute Gasteiger partial charge is 0.394 e. The van der Waals surface area contributed by atoms with Crippen molar-refractivity contribution in [1.29, 1.82) is 0 Å². The highest BCUT2D eigenvalue weighted by Gasteiger charge is 2.21. The maximum atomic E-state index is 14.4. The third-order valence-electron chi connectivity index (χ3n) is 4.03. The van der Waals surface area contributed by atoms with Gasteiger partial charge in [-0.15, -0.1) is 0 Å². The molecule has 2 unspecified atom stereocenters. The molecule has 0 radical (unpaired) electrons. The number of aliphatic hydroxyl groups excluding tert-OH is 2. The van der Waals surface area contributed by atoms with Gasteiger partial charge in [-0.2, -0.15) is 13.1 Å². The maximum Gasteiger partial charge on any atom is 0.299 e. The summed E-state index contributed by atoms with van der Waals surface area (Å²) in [5.74, 6) is -3.36. The van der Waals surface area contributed by atoms with Crippen LogP contribution in [0.5, 0.6) is 0 Å². The Morgan fingerprint density at radius 2 is 1.73 bits per heavy atom. The van der Waals surface area contributed by atoms with Crippen LogP contribution in [0.2, 0.25) is 0 Å². The Morgan fingerprint density at radius 1 is 1.07 bits per heavy atom. The molecule has 5 N–H and O–H groups in total. The van der Waals surface area contributed by atoms with E-state index in [1.807, 2.05) is 22.6 Å². The molecule has 0 aliphatic heterocycles. The third-order valence-corrected chi connectivity index (χ3v) is 5.90. The van der Waals surface area contributed by atoms with E-state index in [0.717, 1.165) is 12.1 Å².